The van der Waals surface area contributed by atoms with Crippen LogP contribution in [0.15, 0.2) is 53.4 Å². The van der Waals surface area contributed by atoms with Crippen LogP contribution in [0.3, 0.4) is 0 Å². The highest BCUT2D eigenvalue weighted by molar-refractivity contribution is 8.00. The van der Waals surface area contributed by atoms with Gasteiger partial charge in [0, 0.05) is 11.4 Å². The molecule has 0 saturated carbocycles. The van der Waals surface area contributed by atoms with Crippen LogP contribution < -0.4 is 14.8 Å². The number of thioether (sulfide) groups is 1. The molecule has 1 heterocycles. The third kappa shape index (κ3) is 5.17. The lowest BCUT2D eigenvalue weighted by Crippen LogP contribution is -2.36. The van der Waals surface area contributed by atoms with Gasteiger partial charge in [-0.05, 0) is 43.7 Å². The van der Waals surface area contributed by atoms with Gasteiger partial charge in [0.15, 0.2) is 17.6 Å². The van der Waals surface area contributed by atoms with Crippen molar-refractivity contribution in [1.29, 1.82) is 0 Å². The van der Waals surface area contributed by atoms with Crippen molar-refractivity contribution in [3.63, 3.8) is 0 Å². The van der Waals surface area contributed by atoms with Gasteiger partial charge in [-0.3, -0.25) is 9.59 Å². The van der Waals surface area contributed by atoms with Gasteiger partial charge >= 0.3 is 5.97 Å². The smallest absolute Gasteiger partial charge is 0.319 e. The fraction of sp³-hybridized carbons (Fsp3) is 0.300. The lowest BCUT2D eigenvalue weighted by Gasteiger charge is -2.16. The highest BCUT2D eigenvalue weighted by atomic mass is 32.2. The molecular weight excluding hydrogens is 366 g/mol. The van der Waals surface area contributed by atoms with Crippen LogP contribution in [0.2, 0.25) is 0 Å². The van der Waals surface area contributed by atoms with E-state index in [1.807, 2.05) is 42.5 Å². The van der Waals surface area contributed by atoms with Gasteiger partial charge in [0.05, 0.1) is 0 Å². The predicted molar refractivity (Wildman–Crippen MR) is 102 cm³/mol. The first-order chi connectivity index (χ1) is 13.0. The molecule has 0 spiro atoms. The number of esters is 1. The number of carbonyl (C=O) groups is 2. The highest BCUT2D eigenvalue weighted by Gasteiger charge is 2.23. The topological polar surface area (TPSA) is 73.9 Å². The molecule has 1 aliphatic heterocycles. The number of hydrogen-bond acceptors (Lipinski definition) is 6. The maximum atomic E-state index is 12.2. The molecule has 2 aromatic rings. The average Bonchev–Trinajstić information content (AvgIpc) is 3.14. The van der Waals surface area contributed by atoms with Crippen molar-refractivity contribution < 1.29 is 23.8 Å². The Hall–Kier alpha value is -2.67. The number of rotatable bonds is 7. The van der Waals surface area contributed by atoms with E-state index < -0.39 is 17.3 Å². The molecular formula is C20H21NO5S. The van der Waals surface area contributed by atoms with E-state index in [9.17, 15) is 9.59 Å². The molecule has 2 atom stereocenters. The van der Waals surface area contributed by atoms with Gasteiger partial charge in [-0.1, -0.05) is 24.3 Å². The van der Waals surface area contributed by atoms with E-state index in [0.29, 0.717) is 18.0 Å². The number of hydrogen-bond donors (Lipinski definition) is 1. The first kappa shape index (κ1) is 19.1. The number of nitrogens with one attached hydrogen (secondary N) is 1. The largest absolute Gasteiger partial charge is 0.454 e. The monoisotopic (exact) mass is 387 g/mol. The summed E-state index contributed by atoms with van der Waals surface area (Å²) in [5.41, 5.74) is 0.874. The molecule has 0 aromatic heterocycles. The zero-order valence-electron chi connectivity index (χ0n) is 15.1. The number of fused-ring (bicyclic) bond motifs is 1. The van der Waals surface area contributed by atoms with E-state index in [0.717, 1.165) is 10.5 Å². The van der Waals surface area contributed by atoms with Gasteiger partial charge in [0.2, 0.25) is 6.79 Å². The van der Waals surface area contributed by atoms with Gasteiger partial charge in [-0.15, -0.1) is 11.8 Å². The lowest BCUT2D eigenvalue weighted by molar-refractivity contribution is -0.154. The summed E-state index contributed by atoms with van der Waals surface area (Å²) in [6, 6.07) is 15.1. The van der Waals surface area contributed by atoms with Crippen LogP contribution in [-0.2, 0) is 20.9 Å². The van der Waals surface area contributed by atoms with Crippen LogP contribution in [0.4, 0.5) is 0 Å². The predicted octanol–water partition coefficient (Wildman–Crippen LogP) is 3.14. The van der Waals surface area contributed by atoms with Crippen LogP contribution in [0, 0.1) is 0 Å². The van der Waals surface area contributed by atoms with E-state index in [1.165, 1.54) is 11.8 Å². The number of ether oxygens (including phenoxy) is 3. The fourth-order valence-electron chi connectivity index (χ4n) is 2.46. The minimum Gasteiger partial charge on any atom is -0.454 e. The third-order valence-corrected chi connectivity index (χ3v) is 5.04. The van der Waals surface area contributed by atoms with Crippen molar-refractivity contribution >= 4 is 23.6 Å². The molecule has 6 nitrogen and oxygen atoms in total. The Bertz CT molecular complexity index is 811. The van der Waals surface area contributed by atoms with Crippen LogP contribution in [0.25, 0.3) is 0 Å². The summed E-state index contributed by atoms with van der Waals surface area (Å²) in [6.45, 7) is 3.84. The number of carbonyl (C=O) groups excluding carboxylic acids is 2. The van der Waals surface area contributed by atoms with Crippen LogP contribution in [-0.4, -0.2) is 30.0 Å². The summed E-state index contributed by atoms with van der Waals surface area (Å²) in [5, 5.41) is 2.36. The van der Waals surface area contributed by atoms with Crippen molar-refractivity contribution in [2.75, 3.05) is 6.79 Å². The summed E-state index contributed by atoms with van der Waals surface area (Å²) in [7, 11) is 0. The molecule has 0 bridgehead atoms. The van der Waals surface area contributed by atoms with E-state index in [1.54, 1.807) is 19.9 Å². The summed E-state index contributed by atoms with van der Waals surface area (Å²) in [6.07, 6.45) is -0.870. The standard InChI is InChI=1S/C20H21NO5S/c1-13(26-20(23)14(2)27-16-6-4-3-5-7-16)19(22)21-11-15-8-9-17-18(10-15)25-12-24-17/h3-10,13-14H,11-12H2,1-2H3,(H,21,22)/t13-,14+/m1/s1. The summed E-state index contributed by atoms with van der Waals surface area (Å²) < 4.78 is 15.9. The van der Waals surface area contributed by atoms with Crippen molar-refractivity contribution in [2.24, 2.45) is 0 Å². The maximum Gasteiger partial charge on any atom is 0.319 e. The Morgan fingerprint density at radius 1 is 1.11 bits per heavy atom. The van der Waals surface area contributed by atoms with E-state index in [4.69, 9.17) is 14.2 Å². The second-order valence-electron chi connectivity index (χ2n) is 6.06. The molecule has 3 rings (SSSR count). The molecule has 0 aliphatic carbocycles. The molecule has 0 radical (unpaired) electrons. The normalized spacial score (nSPS) is 14.3. The van der Waals surface area contributed by atoms with Gasteiger partial charge < -0.3 is 19.5 Å². The molecule has 27 heavy (non-hydrogen) atoms. The van der Waals surface area contributed by atoms with E-state index >= 15 is 0 Å². The Balaban J connectivity index is 1.46. The molecule has 2 aromatic carbocycles. The first-order valence-electron chi connectivity index (χ1n) is 8.61. The Morgan fingerprint density at radius 3 is 2.63 bits per heavy atom. The summed E-state index contributed by atoms with van der Waals surface area (Å²) >= 11 is 1.39. The molecule has 0 saturated heterocycles. The quantitative estimate of drug-likeness (QED) is 0.581. The summed E-state index contributed by atoms with van der Waals surface area (Å²) in [4.78, 5) is 25.4. The van der Waals surface area contributed by atoms with Crippen LogP contribution in [0.5, 0.6) is 11.5 Å². The molecule has 142 valence electrons. The number of benzene rings is 2. The molecule has 1 N–H and O–H groups in total. The Labute approximate surface area is 162 Å². The zero-order chi connectivity index (χ0) is 19.2. The van der Waals surface area contributed by atoms with Crippen molar-refractivity contribution in [3.05, 3.63) is 54.1 Å². The van der Waals surface area contributed by atoms with Gasteiger partial charge in [0.1, 0.15) is 5.25 Å². The Morgan fingerprint density at radius 2 is 1.85 bits per heavy atom. The van der Waals surface area contributed by atoms with Gasteiger partial charge in [-0.2, -0.15) is 0 Å². The van der Waals surface area contributed by atoms with Crippen molar-refractivity contribution in [3.8, 4) is 11.5 Å². The van der Waals surface area contributed by atoms with Crippen LogP contribution in [0.1, 0.15) is 19.4 Å². The number of amides is 1. The molecule has 7 heteroatoms. The second kappa shape index (κ2) is 8.81. The van der Waals surface area contributed by atoms with Gasteiger partial charge in [-0.25, -0.2) is 0 Å². The maximum absolute atomic E-state index is 12.2. The van der Waals surface area contributed by atoms with Crippen LogP contribution >= 0.6 is 11.8 Å². The fourth-order valence-corrected chi connectivity index (χ4v) is 3.33. The van der Waals surface area contributed by atoms with E-state index in [-0.39, 0.29) is 12.7 Å². The molecule has 1 amide bonds. The summed E-state index contributed by atoms with van der Waals surface area (Å²) in [5.74, 6) is 0.581. The van der Waals surface area contributed by atoms with Crippen molar-refractivity contribution in [2.45, 2.75) is 36.6 Å². The van der Waals surface area contributed by atoms with E-state index in [2.05, 4.69) is 5.32 Å². The molecule has 0 fully saturated rings. The first-order valence-corrected chi connectivity index (χ1v) is 9.49. The average molecular weight is 387 g/mol. The molecule has 1 aliphatic rings. The lowest BCUT2D eigenvalue weighted by atomic mass is 10.2. The third-order valence-electron chi connectivity index (χ3n) is 3.95. The Kier molecular flexibility index (Phi) is 6.24. The minimum absolute atomic E-state index is 0.206. The molecule has 0 unspecified atom stereocenters. The van der Waals surface area contributed by atoms with Gasteiger partial charge in [0.25, 0.3) is 5.91 Å². The highest BCUT2D eigenvalue weighted by Crippen LogP contribution is 2.32. The zero-order valence-corrected chi connectivity index (χ0v) is 16.0. The van der Waals surface area contributed by atoms with Crippen molar-refractivity contribution in [1.82, 2.24) is 5.32 Å². The minimum atomic E-state index is -0.870. The second-order valence-corrected chi connectivity index (χ2v) is 7.47. The SMILES string of the molecule is C[C@H](Sc1ccccc1)C(=O)O[C@H](C)C(=O)NCc1ccc2c(c1)OCO2.